The first kappa shape index (κ1) is 78.8. The Morgan fingerprint density at radius 2 is 1.58 bits per heavy atom. The van der Waals surface area contributed by atoms with Crippen LogP contribution in [0.15, 0.2) is 47.8 Å². The third kappa shape index (κ3) is 25.2. The van der Waals surface area contributed by atoms with E-state index in [2.05, 4.69) is 26.6 Å². The Labute approximate surface area is 558 Å². The van der Waals surface area contributed by atoms with Gasteiger partial charge in [0, 0.05) is 88.4 Å². The number of carbonyl (C=O) groups is 10. The van der Waals surface area contributed by atoms with E-state index in [4.69, 9.17) is 23.9 Å². The van der Waals surface area contributed by atoms with Gasteiger partial charge in [-0.05, 0) is 129 Å². The first-order chi connectivity index (χ1) is 44.0. The summed E-state index contributed by atoms with van der Waals surface area (Å²) in [7, 11) is 7.00. The van der Waals surface area contributed by atoms with Crippen molar-refractivity contribution in [2.75, 3.05) is 72.7 Å². The summed E-state index contributed by atoms with van der Waals surface area (Å²) < 4.78 is 22.3. The summed E-state index contributed by atoms with van der Waals surface area (Å²) in [4.78, 5) is 142. The lowest BCUT2D eigenvalue weighted by molar-refractivity contribution is -0.144. The number of thiazole rings is 1. The second-order valence-corrected chi connectivity index (χ2v) is 27.3. The van der Waals surface area contributed by atoms with Crippen molar-refractivity contribution in [3.63, 3.8) is 0 Å². The lowest BCUT2D eigenvalue weighted by Gasteiger charge is -2.38. The molecule has 4 rings (SSSR count). The van der Waals surface area contributed by atoms with Crippen LogP contribution in [0.25, 0.3) is 0 Å². The molecule has 516 valence electrons. The number of unbranched alkanes of at least 4 members (excludes halogenated alkanes) is 1. The molecule has 2 heterocycles. The third-order valence-electron chi connectivity index (χ3n) is 17.4. The van der Waals surface area contributed by atoms with Crippen molar-refractivity contribution < 1.29 is 66.9 Å². The monoisotopic (exact) mass is 1330 g/mol. The molecule has 0 saturated carbocycles. The van der Waals surface area contributed by atoms with E-state index >= 15 is 0 Å². The molecule has 1 saturated heterocycles. The molecule has 9 atom stereocenters. The van der Waals surface area contributed by atoms with Gasteiger partial charge in [0.25, 0.3) is 12.4 Å². The average molecular weight is 1330 g/mol. The van der Waals surface area contributed by atoms with Crippen molar-refractivity contribution in [1.29, 1.82) is 0 Å². The number of imide groups is 1. The predicted molar refractivity (Wildman–Crippen MR) is 360 cm³/mol. The SMILES string of the molecule is CCC(C)[C@H](CC(=O)C(C)(C)N(C)C)C(=O)N(C)[C@H](C[C@@H](OCc1ccc(NC(=O)C(CCCCNC(=O)COCCOC)NC(=O)C(C)NC(=O)CCCN2C(=O)CC(SC)C2=O)c(C)c1)c1nc(C(=O)N[C@@H](Cc2ccc(C)cc2)CC(C)OC=O)cs1)C(C)C. The zero-order valence-electron chi connectivity index (χ0n) is 57.3. The van der Waals surface area contributed by atoms with Crippen LogP contribution in [-0.4, -0.2) is 188 Å². The van der Waals surface area contributed by atoms with Crippen molar-refractivity contribution in [2.45, 2.75) is 194 Å². The summed E-state index contributed by atoms with van der Waals surface area (Å²) in [5.74, 6) is -3.89. The number of methoxy groups -OCH3 is 1. The lowest BCUT2D eigenvalue weighted by Crippen LogP contribution is -2.51. The Balaban J connectivity index is 1.60. The molecule has 3 aromatic rings. The average Bonchev–Trinajstić information content (AvgIpc) is 1.79. The van der Waals surface area contributed by atoms with Gasteiger partial charge in [0.1, 0.15) is 41.6 Å². The van der Waals surface area contributed by atoms with Crippen LogP contribution in [0.4, 0.5) is 5.69 Å². The number of ketones is 1. The number of benzene rings is 2. The Bertz CT molecular complexity index is 2960. The quantitative estimate of drug-likeness (QED) is 0.0211. The summed E-state index contributed by atoms with van der Waals surface area (Å²) >= 11 is 2.56. The summed E-state index contributed by atoms with van der Waals surface area (Å²) in [6, 6.07) is 10.4. The molecule has 25 heteroatoms. The van der Waals surface area contributed by atoms with Gasteiger partial charge >= 0.3 is 0 Å². The Morgan fingerprint density at radius 1 is 0.882 bits per heavy atom. The molecule has 0 aliphatic carbocycles. The number of nitrogens with zero attached hydrogens (tertiary/aromatic N) is 4. The van der Waals surface area contributed by atoms with Crippen LogP contribution >= 0.6 is 23.1 Å². The highest BCUT2D eigenvalue weighted by molar-refractivity contribution is 8.00. The Kier molecular flexibility index (Phi) is 33.3. The fourth-order valence-corrected chi connectivity index (χ4v) is 12.2. The van der Waals surface area contributed by atoms with Gasteiger partial charge in [0.15, 0.2) is 5.78 Å². The number of aromatic nitrogens is 1. The van der Waals surface area contributed by atoms with Gasteiger partial charge in [-0.1, -0.05) is 76.1 Å². The highest BCUT2D eigenvalue weighted by Crippen LogP contribution is 2.34. The standard InChI is InChI=1S/C68H103N9O14S2/c1-16-44(5)51(35-58(79)68(9,10)75(11)12)66(86)76(13)55(42(2)3)36-56(65-74-54(40-93-65)64(85)71-50(33-46(7)91-41-78)34-48-24-22-43(4)23-25-48)90-38-49-26-27-52(45(6)32-49)72-63(84)53(20-17-18-28-69-60(81)39-89-31-30-88-14)73-62(83)47(8)70-59(80)21-19-29-77-61(82)37-57(92-15)67(77)87/h22-27,32,40-42,44,46-47,50-51,53,55-57H,16-21,28-31,33-39H2,1-15H3,(H,69,81)(H,70,80)(H,71,85)(H,72,84)(H,73,83)/t44?,46?,47?,50-,51+,53?,55-,56-,57?/m1/s1. The lowest BCUT2D eigenvalue weighted by atomic mass is 9.81. The van der Waals surface area contributed by atoms with Gasteiger partial charge < -0.3 is 50.4 Å². The number of thioether (sulfide) groups is 1. The van der Waals surface area contributed by atoms with E-state index in [0.29, 0.717) is 61.4 Å². The number of aryl methyl sites for hydroxylation is 2. The maximum atomic E-state index is 14.9. The van der Waals surface area contributed by atoms with E-state index in [0.717, 1.165) is 16.7 Å². The van der Waals surface area contributed by atoms with Crippen LogP contribution in [0.2, 0.25) is 0 Å². The highest BCUT2D eigenvalue weighted by Gasteiger charge is 2.40. The van der Waals surface area contributed by atoms with Gasteiger partial charge in [-0.2, -0.15) is 11.8 Å². The third-order valence-corrected chi connectivity index (χ3v) is 19.3. The number of ether oxygens (including phenoxy) is 4. The maximum Gasteiger partial charge on any atom is 0.293 e. The van der Waals surface area contributed by atoms with E-state index in [9.17, 15) is 47.9 Å². The van der Waals surface area contributed by atoms with Gasteiger partial charge in [-0.25, -0.2) is 4.98 Å². The largest absolute Gasteiger partial charge is 0.465 e. The van der Waals surface area contributed by atoms with Crippen molar-refractivity contribution in [2.24, 2.45) is 17.8 Å². The van der Waals surface area contributed by atoms with Gasteiger partial charge in [0.05, 0.1) is 30.6 Å². The number of likely N-dealkylation sites (tertiary alicyclic amines) is 1. The molecular formula is C68H103N9O14S2. The number of hydrogen-bond donors (Lipinski definition) is 5. The van der Waals surface area contributed by atoms with E-state index in [1.807, 2.05) is 105 Å². The minimum absolute atomic E-state index is 0.0369. The van der Waals surface area contributed by atoms with Crippen LogP contribution in [-0.2, 0) is 75.1 Å². The topological polar surface area (TPSA) is 290 Å². The molecule has 1 aromatic heterocycles. The van der Waals surface area contributed by atoms with Crippen molar-refractivity contribution in [3.8, 4) is 0 Å². The van der Waals surface area contributed by atoms with Crippen molar-refractivity contribution >= 4 is 88.3 Å². The van der Waals surface area contributed by atoms with Crippen LogP contribution in [0, 0.1) is 31.6 Å². The molecule has 0 spiro atoms. The first-order valence-electron chi connectivity index (χ1n) is 32.3. The van der Waals surface area contributed by atoms with Crippen molar-refractivity contribution in [1.82, 2.24) is 41.0 Å². The zero-order chi connectivity index (χ0) is 69.1. The minimum atomic E-state index is -1.07. The fraction of sp³-hybridized carbons (Fsp3) is 0.632. The number of nitrogens with one attached hydrogen (secondary N) is 5. The number of carbonyl (C=O) groups excluding carboxylic acids is 10. The second-order valence-electron chi connectivity index (χ2n) is 25.4. The highest BCUT2D eigenvalue weighted by atomic mass is 32.2. The molecule has 8 amide bonds. The van der Waals surface area contributed by atoms with Crippen molar-refractivity contribution in [3.05, 3.63) is 80.8 Å². The van der Waals surface area contributed by atoms with Gasteiger partial charge in [0.2, 0.25) is 41.4 Å². The molecule has 0 radical (unpaired) electrons. The first-order valence-corrected chi connectivity index (χ1v) is 34.4. The predicted octanol–water partition coefficient (Wildman–Crippen LogP) is 7.29. The number of rotatable bonds is 43. The molecule has 0 bridgehead atoms. The normalized spacial score (nSPS) is 16.0. The fourth-order valence-electron chi connectivity index (χ4n) is 10.7. The molecule has 5 N–H and O–H groups in total. The number of hydrogen-bond acceptors (Lipinski definition) is 18. The molecule has 1 aliphatic rings. The molecule has 1 aliphatic heterocycles. The smallest absolute Gasteiger partial charge is 0.293 e. The second kappa shape index (κ2) is 39.3. The van der Waals surface area contributed by atoms with Crippen LogP contribution in [0.5, 0.6) is 0 Å². The summed E-state index contributed by atoms with van der Waals surface area (Å²) in [5.41, 5.74) is 3.29. The molecule has 93 heavy (non-hydrogen) atoms. The maximum absolute atomic E-state index is 14.9. The van der Waals surface area contributed by atoms with E-state index in [-0.39, 0.29) is 118 Å². The van der Waals surface area contributed by atoms with E-state index in [1.165, 1.54) is 42.0 Å². The Morgan fingerprint density at radius 3 is 2.20 bits per heavy atom. The molecule has 2 aromatic carbocycles. The molecular weight excluding hydrogens is 1230 g/mol. The molecule has 1 fully saturated rings. The minimum Gasteiger partial charge on any atom is -0.465 e. The molecule has 5 unspecified atom stereocenters. The van der Waals surface area contributed by atoms with Crippen LogP contribution in [0.3, 0.4) is 0 Å². The summed E-state index contributed by atoms with van der Waals surface area (Å²) in [6.45, 7) is 20.1. The van der Waals surface area contributed by atoms with Gasteiger partial charge in [-0.3, -0.25) is 57.7 Å². The zero-order valence-corrected chi connectivity index (χ0v) is 58.9. The number of Topliss-reactive ketones (excluding diaryl/α,β-unsaturated/α-hetero) is 1. The van der Waals surface area contributed by atoms with Crippen LogP contribution < -0.4 is 26.6 Å². The Hall–Kier alpha value is -6.64. The van der Waals surface area contributed by atoms with E-state index in [1.54, 1.807) is 42.6 Å². The van der Waals surface area contributed by atoms with E-state index < -0.39 is 76.7 Å². The summed E-state index contributed by atoms with van der Waals surface area (Å²) in [6.07, 6.45) is 3.70. The summed E-state index contributed by atoms with van der Waals surface area (Å²) in [5, 5.41) is 16.1. The number of amides is 8. The van der Waals surface area contributed by atoms with Gasteiger partial charge in [-0.15, -0.1) is 11.3 Å². The van der Waals surface area contributed by atoms with Crippen LogP contribution in [0.1, 0.15) is 163 Å². The molecule has 23 nitrogen and oxygen atoms in total. The number of likely N-dealkylation sites (N-methyl/N-ethyl adjacent to an activating group) is 1. The number of anilines is 1.